The van der Waals surface area contributed by atoms with Gasteiger partial charge < -0.3 is 0 Å². The quantitative estimate of drug-likeness (QED) is 0.576. The third kappa shape index (κ3) is 4.12. The van der Waals surface area contributed by atoms with Crippen molar-refractivity contribution in [2.75, 3.05) is 0 Å². The van der Waals surface area contributed by atoms with E-state index in [0.29, 0.717) is 5.92 Å². The molecule has 2 saturated carbocycles. The summed E-state index contributed by atoms with van der Waals surface area (Å²) in [6, 6.07) is 5.87. The summed E-state index contributed by atoms with van der Waals surface area (Å²) in [4.78, 5) is 0. The highest BCUT2D eigenvalue weighted by Crippen LogP contribution is 2.39. The molecule has 0 N–H and O–H groups in total. The van der Waals surface area contributed by atoms with Gasteiger partial charge in [-0.15, -0.1) is 0 Å². The molecule has 2 aliphatic rings. The highest BCUT2D eigenvalue weighted by molar-refractivity contribution is 5.26. The number of hydrogen-bond donors (Lipinski definition) is 0. The molecule has 1 heteroatoms. The first kappa shape index (κ1) is 16.0. The molecule has 2 aliphatic carbocycles. The smallest absolute Gasteiger partial charge is 0.126 e. The van der Waals surface area contributed by atoms with Crippen LogP contribution in [0.3, 0.4) is 0 Å². The van der Waals surface area contributed by atoms with Gasteiger partial charge in [-0.3, -0.25) is 0 Å². The van der Waals surface area contributed by atoms with Gasteiger partial charge in [0.25, 0.3) is 0 Å². The van der Waals surface area contributed by atoms with E-state index in [2.05, 4.69) is 6.07 Å². The Morgan fingerprint density at radius 3 is 2.14 bits per heavy atom. The maximum absolute atomic E-state index is 13.7. The number of hydrogen-bond acceptors (Lipinski definition) is 0. The number of benzene rings is 1. The van der Waals surface area contributed by atoms with Gasteiger partial charge in [-0.25, -0.2) is 4.39 Å². The van der Waals surface area contributed by atoms with Gasteiger partial charge in [-0.2, -0.15) is 0 Å². The van der Waals surface area contributed by atoms with Crippen molar-refractivity contribution in [2.45, 2.75) is 83.5 Å². The van der Waals surface area contributed by atoms with Crippen LogP contribution in [0.2, 0.25) is 0 Å². The van der Waals surface area contributed by atoms with Crippen LogP contribution in [0.1, 0.15) is 87.7 Å². The fourth-order valence-electron chi connectivity index (χ4n) is 4.59. The summed E-state index contributed by atoms with van der Waals surface area (Å²) in [6.45, 7) is 1.85. The van der Waals surface area contributed by atoms with Crippen LogP contribution >= 0.6 is 0 Å². The van der Waals surface area contributed by atoms with Crippen LogP contribution in [0.4, 0.5) is 4.39 Å². The Kier molecular flexibility index (Phi) is 5.55. The lowest BCUT2D eigenvalue weighted by atomic mass is 9.75. The maximum atomic E-state index is 13.7. The predicted molar refractivity (Wildman–Crippen MR) is 91.6 cm³/mol. The summed E-state index contributed by atoms with van der Waals surface area (Å²) < 4.78 is 13.7. The lowest BCUT2D eigenvalue weighted by Gasteiger charge is -2.30. The van der Waals surface area contributed by atoms with Crippen LogP contribution in [-0.4, -0.2) is 0 Å². The van der Waals surface area contributed by atoms with E-state index in [1.807, 2.05) is 13.0 Å². The van der Waals surface area contributed by atoms with E-state index in [1.54, 1.807) is 6.07 Å². The van der Waals surface area contributed by atoms with Crippen LogP contribution < -0.4 is 0 Å². The Bertz CT molecular complexity index is 465. The van der Waals surface area contributed by atoms with E-state index < -0.39 is 0 Å². The first-order chi connectivity index (χ1) is 10.7. The van der Waals surface area contributed by atoms with Crippen molar-refractivity contribution in [2.24, 2.45) is 11.8 Å². The average molecular weight is 302 g/mol. The maximum Gasteiger partial charge on any atom is 0.126 e. The van der Waals surface area contributed by atoms with Gasteiger partial charge in [-0.1, -0.05) is 57.1 Å². The average Bonchev–Trinajstić information content (AvgIpc) is 2.57. The third-order valence-electron chi connectivity index (χ3n) is 6.22. The second kappa shape index (κ2) is 7.62. The van der Waals surface area contributed by atoms with Gasteiger partial charge in [0.15, 0.2) is 0 Å². The first-order valence-electron chi connectivity index (χ1n) is 9.48. The predicted octanol–water partition coefficient (Wildman–Crippen LogP) is 6.77. The standard InChI is InChI=1S/C21H31F/c1-16-7-12-20(15-21(16)22)19-13-10-18(11-14-19)9-8-17-5-3-2-4-6-17/h7,12,15,17-19H,2-6,8-11,13-14H2,1H3. The van der Waals surface area contributed by atoms with Gasteiger partial charge in [0.2, 0.25) is 0 Å². The van der Waals surface area contributed by atoms with Crippen LogP contribution in [-0.2, 0) is 0 Å². The van der Waals surface area contributed by atoms with Gasteiger partial charge in [0.1, 0.15) is 5.82 Å². The summed E-state index contributed by atoms with van der Waals surface area (Å²) in [7, 11) is 0. The molecule has 122 valence electrons. The fraction of sp³-hybridized carbons (Fsp3) is 0.714. The largest absolute Gasteiger partial charge is 0.207 e. The number of halogens is 1. The molecule has 0 aromatic heterocycles. The van der Waals surface area contributed by atoms with E-state index in [0.717, 1.165) is 17.4 Å². The second-order valence-electron chi connectivity index (χ2n) is 7.81. The molecule has 1 aromatic rings. The summed E-state index contributed by atoms with van der Waals surface area (Å²) >= 11 is 0. The lowest BCUT2D eigenvalue weighted by molar-refractivity contribution is 0.261. The summed E-state index contributed by atoms with van der Waals surface area (Å²) in [5.74, 6) is 2.53. The van der Waals surface area contributed by atoms with E-state index in [1.165, 1.54) is 76.2 Å². The minimum Gasteiger partial charge on any atom is -0.207 e. The van der Waals surface area contributed by atoms with Crippen molar-refractivity contribution < 1.29 is 4.39 Å². The molecule has 0 bridgehead atoms. The van der Waals surface area contributed by atoms with Crippen molar-refractivity contribution in [3.05, 3.63) is 35.1 Å². The van der Waals surface area contributed by atoms with Crippen LogP contribution in [0.15, 0.2) is 18.2 Å². The topological polar surface area (TPSA) is 0 Å². The third-order valence-corrected chi connectivity index (χ3v) is 6.22. The molecule has 3 rings (SSSR count). The Balaban J connectivity index is 1.44. The SMILES string of the molecule is Cc1ccc(C2CCC(CCC3CCCCC3)CC2)cc1F. The number of rotatable bonds is 4. The Hall–Kier alpha value is -0.850. The van der Waals surface area contributed by atoms with E-state index in [4.69, 9.17) is 0 Å². The van der Waals surface area contributed by atoms with E-state index in [-0.39, 0.29) is 5.82 Å². The van der Waals surface area contributed by atoms with Gasteiger partial charge >= 0.3 is 0 Å². The van der Waals surface area contributed by atoms with Crippen molar-refractivity contribution in [1.29, 1.82) is 0 Å². The molecule has 0 unspecified atom stereocenters. The monoisotopic (exact) mass is 302 g/mol. The normalized spacial score (nSPS) is 27.0. The van der Waals surface area contributed by atoms with Crippen molar-refractivity contribution in [3.8, 4) is 0 Å². The zero-order valence-electron chi connectivity index (χ0n) is 14.1. The highest BCUT2D eigenvalue weighted by Gasteiger charge is 2.24. The highest BCUT2D eigenvalue weighted by atomic mass is 19.1. The molecule has 2 fully saturated rings. The minimum absolute atomic E-state index is 0.0306. The molecule has 0 aliphatic heterocycles. The first-order valence-corrected chi connectivity index (χ1v) is 9.48. The molecule has 0 nitrogen and oxygen atoms in total. The Labute approximate surface area is 135 Å². The molecule has 1 aromatic carbocycles. The van der Waals surface area contributed by atoms with Crippen LogP contribution in [0.25, 0.3) is 0 Å². The van der Waals surface area contributed by atoms with Crippen LogP contribution in [0.5, 0.6) is 0 Å². The minimum atomic E-state index is -0.0306. The van der Waals surface area contributed by atoms with E-state index >= 15 is 0 Å². The summed E-state index contributed by atoms with van der Waals surface area (Å²) in [5, 5.41) is 0. The molecule has 22 heavy (non-hydrogen) atoms. The van der Waals surface area contributed by atoms with Crippen molar-refractivity contribution in [3.63, 3.8) is 0 Å². The number of aryl methyl sites for hydroxylation is 1. The molecule has 0 spiro atoms. The van der Waals surface area contributed by atoms with Gasteiger partial charge in [-0.05, 0) is 67.6 Å². The zero-order chi connectivity index (χ0) is 15.4. The van der Waals surface area contributed by atoms with Crippen molar-refractivity contribution in [1.82, 2.24) is 0 Å². The van der Waals surface area contributed by atoms with Crippen LogP contribution in [0, 0.1) is 24.6 Å². The molecule has 0 radical (unpaired) electrons. The zero-order valence-corrected chi connectivity index (χ0v) is 14.1. The molecule has 0 heterocycles. The molecule has 0 amide bonds. The summed E-state index contributed by atoms with van der Waals surface area (Å²) in [6.07, 6.45) is 15.5. The molecular formula is C21H31F. The second-order valence-corrected chi connectivity index (χ2v) is 7.81. The van der Waals surface area contributed by atoms with Crippen molar-refractivity contribution >= 4 is 0 Å². The molecular weight excluding hydrogens is 271 g/mol. The molecule has 0 saturated heterocycles. The Morgan fingerprint density at radius 1 is 0.864 bits per heavy atom. The lowest BCUT2D eigenvalue weighted by Crippen LogP contribution is -2.15. The Morgan fingerprint density at radius 2 is 1.50 bits per heavy atom. The van der Waals surface area contributed by atoms with Gasteiger partial charge in [0.05, 0.1) is 0 Å². The summed E-state index contributed by atoms with van der Waals surface area (Å²) in [5.41, 5.74) is 2.00. The van der Waals surface area contributed by atoms with Gasteiger partial charge in [0, 0.05) is 0 Å². The van der Waals surface area contributed by atoms with E-state index in [9.17, 15) is 4.39 Å². The fourth-order valence-corrected chi connectivity index (χ4v) is 4.59. The molecule has 0 atom stereocenters.